The van der Waals surface area contributed by atoms with E-state index in [0.717, 1.165) is 25.7 Å². The third-order valence-electron chi connectivity index (χ3n) is 3.43. The predicted octanol–water partition coefficient (Wildman–Crippen LogP) is 1.86. The van der Waals surface area contributed by atoms with Gasteiger partial charge in [-0.3, -0.25) is 4.79 Å². The molecule has 18 heavy (non-hydrogen) atoms. The zero-order valence-corrected chi connectivity index (χ0v) is 10.4. The molecule has 4 heteroatoms. The van der Waals surface area contributed by atoms with Crippen LogP contribution in [-0.2, 0) is 0 Å². The Bertz CT molecular complexity index is 408. The minimum absolute atomic E-state index is 0.308. The Labute approximate surface area is 107 Å². The molecule has 0 unspecified atom stereocenters. The zero-order chi connectivity index (χ0) is 13.0. The van der Waals surface area contributed by atoms with Crippen molar-refractivity contribution in [1.82, 2.24) is 0 Å². The monoisotopic (exact) mass is 249 g/mol. The Morgan fingerprint density at radius 2 is 1.83 bits per heavy atom. The number of rotatable bonds is 4. The molecule has 0 radical (unpaired) electrons. The van der Waals surface area contributed by atoms with Gasteiger partial charge in [0.15, 0.2) is 0 Å². The molecule has 0 saturated heterocycles. The topological polar surface area (TPSA) is 72.6 Å². The summed E-state index contributed by atoms with van der Waals surface area (Å²) in [6.45, 7) is 0.308. The number of ether oxygens (including phenoxy) is 1. The summed E-state index contributed by atoms with van der Waals surface area (Å²) < 4.78 is 5.58. The molecule has 3 N–H and O–H groups in total. The van der Waals surface area contributed by atoms with E-state index in [4.69, 9.17) is 10.5 Å². The quantitative estimate of drug-likeness (QED) is 0.855. The molecule has 4 nitrogen and oxygen atoms in total. The molecular weight excluding hydrogens is 230 g/mol. The fourth-order valence-electron chi connectivity index (χ4n) is 2.29. The predicted molar refractivity (Wildman–Crippen MR) is 68.5 cm³/mol. The van der Waals surface area contributed by atoms with Gasteiger partial charge in [0.05, 0.1) is 5.60 Å². The minimum Gasteiger partial charge on any atom is -0.491 e. The Balaban J connectivity index is 1.91. The highest BCUT2D eigenvalue weighted by Gasteiger charge is 2.29. The average molecular weight is 249 g/mol. The van der Waals surface area contributed by atoms with Crippen LogP contribution in [0, 0.1) is 0 Å². The molecule has 1 fully saturated rings. The number of hydrogen-bond donors (Lipinski definition) is 2. The number of carbonyl (C=O) groups is 1. The van der Waals surface area contributed by atoms with Gasteiger partial charge in [-0.15, -0.1) is 0 Å². The van der Waals surface area contributed by atoms with Gasteiger partial charge in [0.1, 0.15) is 12.4 Å². The second kappa shape index (κ2) is 5.40. The number of nitrogens with two attached hydrogens (primary N) is 1. The maximum Gasteiger partial charge on any atom is 0.248 e. The van der Waals surface area contributed by atoms with Crippen LogP contribution in [0.2, 0.25) is 0 Å². The Kier molecular flexibility index (Phi) is 3.87. The molecule has 1 amide bonds. The SMILES string of the molecule is NC(=O)c1ccc(OCC2(O)CCCCC2)cc1. The van der Waals surface area contributed by atoms with Gasteiger partial charge in [0.25, 0.3) is 0 Å². The molecule has 0 bridgehead atoms. The van der Waals surface area contributed by atoms with E-state index in [-0.39, 0.29) is 0 Å². The lowest BCUT2D eigenvalue weighted by Gasteiger charge is -2.31. The summed E-state index contributed by atoms with van der Waals surface area (Å²) in [5.41, 5.74) is 4.92. The van der Waals surface area contributed by atoms with Gasteiger partial charge in [0, 0.05) is 5.56 Å². The summed E-state index contributed by atoms with van der Waals surface area (Å²) in [5, 5.41) is 10.3. The number of aliphatic hydroxyl groups is 1. The number of amides is 1. The standard InChI is InChI=1S/C14H19NO3/c15-13(16)11-4-6-12(7-5-11)18-10-14(17)8-2-1-3-9-14/h4-7,17H,1-3,8-10H2,(H2,15,16). The molecule has 98 valence electrons. The first-order valence-electron chi connectivity index (χ1n) is 6.34. The summed E-state index contributed by atoms with van der Waals surface area (Å²) in [6, 6.07) is 6.66. The summed E-state index contributed by atoms with van der Waals surface area (Å²) in [6.07, 6.45) is 4.90. The summed E-state index contributed by atoms with van der Waals surface area (Å²) >= 11 is 0. The summed E-state index contributed by atoms with van der Waals surface area (Å²) in [4.78, 5) is 10.9. The molecule has 0 aromatic heterocycles. The van der Waals surface area contributed by atoms with Gasteiger partial charge in [-0.25, -0.2) is 0 Å². The summed E-state index contributed by atoms with van der Waals surface area (Å²) in [7, 11) is 0. The molecule has 0 aliphatic heterocycles. The van der Waals surface area contributed by atoms with Crippen LogP contribution in [0.3, 0.4) is 0 Å². The van der Waals surface area contributed by atoms with Crippen molar-refractivity contribution in [2.75, 3.05) is 6.61 Å². The molecule has 0 atom stereocenters. The summed E-state index contributed by atoms with van der Waals surface area (Å²) in [5.74, 6) is 0.200. The van der Waals surface area contributed by atoms with E-state index in [2.05, 4.69) is 0 Å². The van der Waals surface area contributed by atoms with Crippen molar-refractivity contribution in [2.45, 2.75) is 37.7 Å². The van der Waals surface area contributed by atoms with Crippen LogP contribution in [0.25, 0.3) is 0 Å². The third kappa shape index (κ3) is 3.23. The highest BCUT2D eigenvalue weighted by molar-refractivity contribution is 5.92. The van der Waals surface area contributed by atoms with E-state index >= 15 is 0 Å². The maximum absolute atomic E-state index is 10.9. The van der Waals surface area contributed by atoms with Crippen molar-refractivity contribution >= 4 is 5.91 Å². The molecule has 1 saturated carbocycles. The second-order valence-electron chi connectivity index (χ2n) is 4.96. The number of carbonyl (C=O) groups excluding carboxylic acids is 1. The lowest BCUT2D eigenvalue weighted by atomic mass is 9.85. The first-order valence-corrected chi connectivity index (χ1v) is 6.34. The van der Waals surface area contributed by atoms with Gasteiger partial charge in [-0.2, -0.15) is 0 Å². The minimum atomic E-state index is -0.694. The second-order valence-corrected chi connectivity index (χ2v) is 4.96. The number of hydrogen-bond acceptors (Lipinski definition) is 3. The van der Waals surface area contributed by atoms with Gasteiger partial charge >= 0.3 is 0 Å². The van der Waals surface area contributed by atoms with E-state index in [9.17, 15) is 9.90 Å². The lowest BCUT2D eigenvalue weighted by Crippen LogP contribution is -2.37. The highest BCUT2D eigenvalue weighted by Crippen LogP contribution is 2.28. The molecular formula is C14H19NO3. The normalized spacial score (nSPS) is 18.3. The number of primary amides is 1. The molecule has 1 aromatic carbocycles. The van der Waals surface area contributed by atoms with Crippen molar-refractivity contribution < 1.29 is 14.6 Å². The van der Waals surface area contributed by atoms with Gasteiger partial charge in [0.2, 0.25) is 5.91 Å². The van der Waals surface area contributed by atoms with Crippen molar-refractivity contribution in [3.63, 3.8) is 0 Å². The highest BCUT2D eigenvalue weighted by atomic mass is 16.5. The smallest absolute Gasteiger partial charge is 0.248 e. The molecule has 1 aliphatic rings. The molecule has 0 spiro atoms. The largest absolute Gasteiger partial charge is 0.491 e. The first kappa shape index (κ1) is 12.9. The van der Waals surface area contributed by atoms with Crippen molar-refractivity contribution in [3.05, 3.63) is 29.8 Å². The molecule has 1 aromatic rings. The van der Waals surface area contributed by atoms with Gasteiger partial charge < -0.3 is 15.6 Å². The van der Waals surface area contributed by atoms with E-state index in [1.165, 1.54) is 6.42 Å². The van der Waals surface area contributed by atoms with Crippen molar-refractivity contribution in [3.8, 4) is 5.75 Å². The maximum atomic E-state index is 10.9. The van der Waals surface area contributed by atoms with Crippen LogP contribution in [0.4, 0.5) is 0 Å². The van der Waals surface area contributed by atoms with Crippen LogP contribution in [0.1, 0.15) is 42.5 Å². The van der Waals surface area contributed by atoms with Crippen LogP contribution in [0.5, 0.6) is 5.75 Å². The van der Waals surface area contributed by atoms with Crippen molar-refractivity contribution in [2.24, 2.45) is 5.73 Å². The van der Waals surface area contributed by atoms with E-state index in [0.29, 0.717) is 17.9 Å². The van der Waals surface area contributed by atoms with E-state index < -0.39 is 11.5 Å². The third-order valence-corrected chi connectivity index (χ3v) is 3.43. The number of benzene rings is 1. The first-order chi connectivity index (χ1) is 8.59. The van der Waals surface area contributed by atoms with Crippen LogP contribution < -0.4 is 10.5 Å². The van der Waals surface area contributed by atoms with Crippen LogP contribution >= 0.6 is 0 Å². The Morgan fingerprint density at radius 3 is 2.39 bits per heavy atom. The molecule has 0 heterocycles. The van der Waals surface area contributed by atoms with Gasteiger partial charge in [-0.1, -0.05) is 19.3 Å². The fraction of sp³-hybridized carbons (Fsp3) is 0.500. The van der Waals surface area contributed by atoms with E-state index in [1.807, 2.05) is 0 Å². The van der Waals surface area contributed by atoms with E-state index in [1.54, 1.807) is 24.3 Å². The van der Waals surface area contributed by atoms with Crippen molar-refractivity contribution in [1.29, 1.82) is 0 Å². The average Bonchev–Trinajstić information content (AvgIpc) is 2.38. The molecule has 2 rings (SSSR count). The van der Waals surface area contributed by atoms with Crippen LogP contribution in [0.15, 0.2) is 24.3 Å². The zero-order valence-electron chi connectivity index (χ0n) is 10.4. The lowest BCUT2D eigenvalue weighted by molar-refractivity contribution is -0.0339. The molecule has 1 aliphatic carbocycles. The van der Waals surface area contributed by atoms with Gasteiger partial charge in [-0.05, 0) is 37.1 Å². The van der Waals surface area contributed by atoms with Crippen LogP contribution in [-0.4, -0.2) is 23.2 Å². The Morgan fingerprint density at radius 1 is 1.22 bits per heavy atom. The Hall–Kier alpha value is -1.55. The fourth-order valence-corrected chi connectivity index (χ4v) is 2.29.